The quantitative estimate of drug-likeness (QED) is 0.671. The molecule has 0 aliphatic carbocycles. The van der Waals surface area contributed by atoms with Crippen LogP contribution in [-0.2, 0) is 6.54 Å². The predicted octanol–water partition coefficient (Wildman–Crippen LogP) is 4.47. The molecule has 3 aromatic carbocycles. The van der Waals surface area contributed by atoms with Gasteiger partial charge in [-0.25, -0.2) is 5.43 Å². The van der Waals surface area contributed by atoms with Crippen molar-refractivity contribution in [2.24, 2.45) is 0 Å². The zero-order chi connectivity index (χ0) is 14.3. The van der Waals surface area contributed by atoms with Gasteiger partial charge in [-0.1, -0.05) is 72.8 Å². The zero-order valence-corrected chi connectivity index (χ0v) is 11.8. The van der Waals surface area contributed by atoms with Gasteiger partial charge in [0.15, 0.2) is 0 Å². The van der Waals surface area contributed by atoms with E-state index >= 15 is 0 Å². The van der Waals surface area contributed by atoms with E-state index in [0.29, 0.717) is 0 Å². The molecule has 0 amide bonds. The molecule has 0 aliphatic rings. The molecule has 0 atom stereocenters. The number of rotatable bonds is 5. The summed E-state index contributed by atoms with van der Waals surface area (Å²) in [6.45, 7) is 0.782. The minimum Gasteiger partial charge on any atom is -0.321 e. The van der Waals surface area contributed by atoms with Crippen molar-refractivity contribution < 1.29 is 0 Å². The number of benzene rings is 3. The molecule has 21 heavy (non-hydrogen) atoms. The maximum Gasteiger partial charge on any atom is 0.0487 e. The molecule has 0 fully saturated rings. The van der Waals surface area contributed by atoms with Gasteiger partial charge in [-0.3, -0.25) is 0 Å². The number of hydrogen-bond acceptors (Lipinski definition) is 2. The Hall–Kier alpha value is -2.58. The van der Waals surface area contributed by atoms with Crippen LogP contribution in [0.25, 0.3) is 11.1 Å². The second-order valence-electron chi connectivity index (χ2n) is 4.91. The summed E-state index contributed by atoms with van der Waals surface area (Å²) in [5.74, 6) is 0. The Morgan fingerprint density at radius 1 is 0.571 bits per heavy atom. The molecular weight excluding hydrogens is 256 g/mol. The molecule has 2 N–H and O–H groups in total. The molecule has 3 aromatic rings. The van der Waals surface area contributed by atoms with Crippen molar-refractivity contribution in [1.29, 1.82) is 0 Å². The van der Waals surface area contributed by atoms with Crippen molar-refractivity contribution in [3.63, 3.8) is 0 Å². The van der Waals surface area contributed by atoms with Crippen molar-refractivity contribution in [2.75, 3.05) is 5.43 Å². The van der Waals surface area contributed by atoms with Crippen LogP contribution in [-0.4, -0.2) is 0 Å². The highest BCUT2D eigenvalue weighted by atomic mass is 15.3. The lowest BCUT2D eigenvalue weighted by Gasteiger charge is -2.09. The van der Waals surface area contributed by atoms with E-state index in [0.717, 1.165) is 12.2 Å². The Balaban J connectivity index is 1.58. The number of anilines is 1. The molecule has 2 heteroatoms. The summed E-state index contributed by atoms with van der Waals surface area (Å²) in [6.07, 6.45) is 0. The molecule has 0 radical (unpaired) electrons. The molecule has 0 spiro atoms. The molecule has 0 aromatic heterocycles. The Morgan fingerprint density at radius 2 is 1.14 bits per heavy atom. The molecule has 0 unspecified atom stereocenters. The van der Waals surface area contributed by atoms with Gasteiger partial charge in [0, 0.05) is 12.2 Å². The van der Waals surface area contributed by atoms with Gasteiger partial charge in [-0.2, -0.15) is 0 Å². The average molecular weight is 274 g/mol. The molecule has 0 bridgehead atoms. The van der Waals surface area contributed by atoms with E-state index in [9.17, 15) is 0 Å². The fraction of sp³-hybridized carbons (Fsp3) is 0.0526. The van der Waals surface area contributed by atoms with E-state index in [1.165, 1.54) is 16.7 Å². The first-order valence-electron chi connectivity index (χ1n) is 7.10. The summed E-state index contributed by atoms with van der Waals surface area (Å²) >= 11 is 0. The van der Waals surface area contributed by atoms with E-state index < -0.39 is 0 Å². The first kappa shape index (κ1) is 13.4. The van der Waals surface area contributed by atoms with E-state index in [2.05, 4.69) is 59.4 Å². The fourth-order valence-electron chi connectivity index (χ4n) is 2.22. The molecule has 0 saturated carbocycles. The summed E-state index contributed by atoms with van der Waals surface area (Å²) in [7, 11) is 0. The minimum absolute atomic E-state index is 0.782. The number of para-hydroxylation sites is 1. The summed E-state index contributed by atoms with van der Waals surface area (Å²) in [6, 6.07) is 29.2. The predicted molar refractivity (Wildman–Crippen MR) is 88.8 cm³/mol. The standard InChI is InChI=1S/C19H18N2/c1-3-7-17(8-4-1)18-13-11-16(12-14-18)15-20-21-19-9-5-2-6-10-19/h1-14,20-21H,15H2. The van der Waals surface area contributed by atoms with Crippen LogP contribution in [0.4, 0.5) is 5.69 Å². The highest BCUT2D eigenvalue weighted by molar-refractivity contribution is 5.63. The molecule has 0 saturated heterocycles. The van der Waals surface area contributed by atoms with Crippen LogP contribution in [0.1, 0.15) is 5.56 Å². The van der Waals surface area contributed by atoms with Crippen LogP contribution >= 0.6 is 0 Å². The lowest BCUT2D eigenvalue weighted by molar-refractivity contribution is 0.801. The number of hydrazine groups is 1. The number of hydrogen-bond donors (Lipinski definition) is 2. The SMILES string of the molecule is c1ccc(NNCc2ccc(-c3ccccc3)cc2)cc1. The van der Waals surface area contributed by atoms with Crippen molar-refractivity contribution in [3.05, 3.63) is 90.5 Å². The van der Waals surface area contributed by atoms with E-state index in [1.807, 2.05) is 36.4 Å². The van der Waals surface area contributed by atoms with Gasteiger partial charge in [-0.05, 0) is 28.8 Å². The number of nitrogens with one attached hydrogen (secondary N) is 2. The second-order valence-corrected chi connectivity index (χ2v) is 4.91. The van der Waals surface area contributed by atoms with Crippen LogP contribution in [0.15, 0.2) is 84.9 Å². The fourth-order valence-corrected chi connectivity index (χ4v) is 2.22. The van der Waals surface area contributed by atoms with Crippen LogP contribution in [0.2, 0.25) is 0 Å². The first-order valence-corrected chi connectivity index (χ1v) is 7.10. The molecule has 2 nitrogen and oxygen atoms in total. The summed E-state index contributed by atoms with van der Waals surface area (Å²) in [4.78, 5) is 0. The minimum atomic E-state index is 0.782. The molecule has 104 valence electrons. The zero-order valence-electron chi connectivity index (χ0n) is 11.8. The molecule has 3 rings (SSSR count). The average Bonchev–Trinajstić information content (AvgIpc) is 2.57. The largest absolute Gasteiger partial charge is 0.321 e. The van der Waals surface area contributed by atoms with Crippen LogP contribution in [0.3, 0.4) is 0 Å². The molecule has 0 aliphatic heterocycles. The van der Waals surface area contributed by atoms with E-state index in [4.69, 9.17) is 0 Å². The van der Waals surface area contributed by atoms with Gasteiger partial charge < -0.3 is 5.43 Å². The highest BCUT2D eigenvalue weighted by Crippen LogP contribution is 2.19. The van der Waals surface area contributed by atoms with Crippen molar-refractivity contribution in [3.8, 4) is 11.1 Å². The lowest BCUT2D eigenvalue weighted by Crippen LogP contribution is -2.20. The first-order chi connectivity index (χ1) is 10.4. The summed E-state index contributed by atoms with van der Waals surface area (Å²) in [5, 5.41) is 0. The van der Waals surface area contributed by atoms with Crippen LogP contribution < -0.4 is 10.9 Å². The maximum absolute atomic E-state index is 3.23. The lowest BCUT2D eigenvalue weighted by atomic mass is 10.0. The molecular formula is C19H18N2. The molecule has 0 heterocycles. The van der Waals surface area contributed by atoms with Gasteiger partial charge in [0.2, 0.25) is 0 Å². The third-order valence-corrected chi connectivity index (χ3v) is 3.36. The maximum atomic E-state index is 3.23. The van der Waals surface area contributed by atoms with Crippen molar-refractivity contribution in [1.82, 2.24) is 5.43 Å². The Bertz CT molecular complexity index is 661. The van der Waals surface area contributed by atoms with Gasteiger partial charge in [0.25, 0.3) is 0 Å². The second kappa shape index (κ2) is 6.73. The monoisotopic (exact) mass is 274 g/mol. The Morgan fingerprint density at radius 3 is 1.81 bits per heavy atom. The van der Waals surface area contributed by atoms with Gasteiger partial charge in [0.1, 0.15) is 0 Å². The van der Waals surface area contributed by atoms with Crippen molar-refractivity contribution >= 4 is 5.69 Å². The van der Waals surface area contributed by atoms with Gasteiger partial charge >= 0.3 is 0 Å². The van der Waals surface area contributed by atoms with E-state index in [1.54, 1.807) is 0 Å². The normalized spacial score (nSPS) is 10.3. The van der Waals surface area contributed by atoms with Crippen LogP contribution in [0.5, 0.6) is 0 Å². The van der Waals surface area contributed by atoms with Crippen LogP contribution in [0, 0.1) is 0 Å². The Kier molecular flexibility index (Phi) is 4.30. The summed E-state index contributed by atoms with van der Waals surface area (Å²) in [5.41, 5.74) is 11.2. The highest BCUT2D eigenvalue weighted by Gasteiger charge is 1.97. The van der Waals surface area contributed by atoms with Gasteiger partial charge in [0.05, 0.1) is 0 Å². The smallest absolute Gasteiger partial charge is 0.0487 e. The summed E-state index contributed by atoms with van der Waals surface area (Å²) < 4.78 is 0. The third kappa shape index (κ3) is 3.71. The van der Waals surface area contributed by atoms with E-state index in [-0.39, 0.29) is 0 Å². The van der Waals surface area contributed by atoms with Crippen molar-refractivity contribution in [2.45, 2.75) is 6.54 Å². The topological polar surface area (TPSA) is 24.1 Å². The van der Waals surface area contributed by atoms with Gasteiger partial charge in [-0.15, -0.1) is 0 Å². The Labute approximate surface area is 125 Å². The third-order valence-electron chi connectivity index (χ3n) is 3.36.